The molecule has 0 aromatic heterocycles. The minimum absolute atomic E-state index is 0.0620. The number of benzene rings is 2. The number of hydrogen-bond acceptors (Lipinski definition) is 1. The fraction of sp³-hybridized carbons (Fsp3) is 0.143. The molecule has 0 N–H and O–H groups in total. The van der Waals surface area contributed by atoms with Crippen molar-refractivity contribution in [2.45, 2.75) is 12.5 Å². The average molecular weight is 303 g/mol. The van der Waals surface area contributed by atoms with E-state index in [1.807, 2.05) is 0 Å². The Bertz CT molecular complexity index is 588. The second kappa shape index (κ2) is 6.22. The molecule has 0 amide bonds. The summed E-state index contributed by atoms with van der Waals surface area (Å²) in [7, 11) is 0. The van der Waals surface area contributed by atoms with Crippen molar-refractivity contribution in [2.75, 3.05) is 0 Å². The van der Waals surface area contributed by atoms with Gasteiger partial charge in [0.05, 0.1) is 10.9 Å². The van der Waals surface area contributed by atoms with Crippen LogP contribution in [0.5, 0.6) is 5.75 Å². The Balaban J connectivity index is 2.12. The van der Waals surface area contributed by atoms with E-state index >= 15 is 0 Å². The van der Waals surface area contributed by atoms with Gasteiger partial charge in [-0.25, -0.2) is 8.78 Å². The molecule has 100 valence electrons. The van der Waals surface area contributed by atoms with Crippen LogP contribution in [0.2, 0.25) is 5.02 Å². The van der Waals surface area contributed by atoms with E-state index in [0.29, 0.717) is 16.9 Å². The molecule has 0 fully saturated rings. The van der Waals surface area contributed by atoms with Crippen LogP contribution >= 0.6 is 23.2 Å². The smallest absolute Gasteiger partial charge is 0.142 e. The highest BCUT2D eigenvalue weighted by Crippen LogP contribution is 2.23. The topological polar surface area (TPSA) is 9.23 Å². The molecule has 0 atom stereocenters. The van der Waals surface area contributed by atoms with E-state index in [0.717, 1.165) is 0 Å². The molecule has 0 aliphatic rings. The highest BCUT2D eigenvalue weighted by molar-refractivity contribution is 6.30. The normalized spacial score (nSPS) is 10.5. The summed E-state index contributed by atoms with van der Waals surface area (Å²) >= 11 is 11.3. The maximum absolute atomic E-state index is 13.2. The number of ether oxygens (including phenoxy) is 1. The molecule has 2 rings (SSSR count). The van der Waals surface area contributed by atoms with Crippen LogP contribution in [0.3, 0.4) is 0 Å². The molecule has 2 aromatic rings. The van der Waals surface area contributed by atoms with Gasteiger partial charge in [-0.15, -0.1) is 11.6 Å². The number of rotatable bonds is 4. The van der Waals surface area contributed by atoms with Crippen molar-refractivity contribution in [3.63, 3.8) is 0 Å². The maximum Gasteiger partial charge on any atom is 0.142 e. The Morgan fingerprint density at radius 1 is 1.05 bits per heavy atom. The quantitative estimate of drug-likeness (QED) is 0.727. The lowest BCUT2D eigenvalue weighted by Gasteiger charge is -2.10. The van der Waals surface area contributed by atoms with Crippen molar-refractivity contribution in [1.29, 1.82) is 0 Å². The number of alkyl halides is 1. The SMILES string of the molecule is Fc1ccc(OCc2ccc(Cl)c(F)c2)c(CCl)c1. The maximum atomic E-state index is 13.2. The van der Waals surface area contributed by atoms with Crippen molar-refractivity contribution in [2.24, 2.45) is 0 Å². The van der Waals surface area contributed by atoms with Crippen molar-refractivity contribution in [1.82, 2.24) is 0 Å². The van der Waals surface area contributed by atoms with Crippen LogP contribution in [0.15, 0.2) is 36.4 Å². The summed E-state index contributed by atoms with van der Waals surface area (Å²) < 4.78 is 31.8. The molecule has 0 saturated carbocycles. The lowest BCUT2D eigenvalue weighted by Crippen LogP contribution is -1.99. The van der Waals surface area contributed by atoms with E-state index < -0.39 is 5.82 Å². The first-order valence-corrected chi connectivity index (χ1v) is 6.42. The third kappa shape index (κ3) is 3.58. The second-order valence-electron chi connectivity index (χ2n) is 3.92. The van der Waals surface area contributed by atoms with Gasteiger partial charge < -0.3 is 4.74 Å². The molecule has 5 heteroatoms. The van der Waals surface area contributed by atoms with Crippen molar-refractivity contribution in [3.05, 3.63) is 64.2 Å². The Labute approximate surface area is 119 Å². The largest absolute Gasteiger partial charge is 0.489 e. The summed E-state index contributed by atoms with van der Waals surface area (Å²) in [6.07, 6.45) is 0. The van der Waals surface area contributed by atoms with Crippen LogP contribution in [-0.4, -0.2) is 0 Å². The summed E-state index contributed by atoms with van der Waals surface area (Å²) in [6.45, 7) is 0.156. The fourth-order valence-electron chi connectivity index (χ4n) is 1.58. The molecule has 0 saturated heterocycles. The van der Waals surface area contributed by atoms with E-state index in [4.69, 9.17) is 27.9 Å². The van der Waals surface area contributed by atoms with Gasteiger partial charge in [0.2, 0.25) is 0 Å². The minimum atomic E-state index is -0.501. The first-order valence-electron chi connectivity index (χ1n) is 5.51. The molecular weight excluding hydrogens is 293 g/mol. The van der Waals surface area contributed by atoms with Crippen molar-refractivity contribution >= 4 is 23.2 Å². The first kappa shape index (κ1) is 14.1. The Hall–Kier alpha value is -1.32. The van der Waals surface area contributed by atoms with Crippen LogP contribution < -0.4 is 4.74 Å². The van der Waals surface area contributed by atoms with Crippen molar-refractivity contribution in [3.8, 4) is 5.75 Å². The highest BCUT2D eigenvalue weighted by Gasteiger charge is 2.06. The summed E-state index contributed by atoms with van der Waals surface area (Å²) in [5.41, 5.74) is 1.18. The van der Waals surface area contributed by atoms with E-state index in [2.05, 4.69) is 0 Å². The Kier molecular flexibility index (Phi) is 4.61. The van der Waals surface area contributed by atoms with Gasteiger partial charge in [-0.2, -0.15) is 0 Å². The summed E-state index contributed by atoms with van der Waals surface area (Å²) in [4.78, 5) is 0. The van der Waals surface area contributed by atoms with E-state index in [1.165, 1.54) is 30.3 Å². The molecule has 0 bridgehead atoms. The summed E-state index contributed by atoms with van der Waals surface area (Å²) in [5, 5.41) is 0.0620. The predicted octanol–water partition coefficient (Wildman–Crippen LogP) is 4.94. The monoisotopic (exact) mass is 302 g/mol. The third-order valence-corrected chi connectivity index (χ3v) is 3.14. The van der Waals surface area contributed by atoms with Gasteiger partial charge in [0.1, 0.15) is 24.0 Å². The first-order chi connectivity index (χ1) is 9.10. The third-order valence-electron chi connectivity index (χ3n) is 2.54. The standard InChI is InChI=1S/C14H10Cl2F2O/c15-7-10-6-11(17)2-4-14(10)19-8-9-1-3-12(16)13(18)5-9/h1-6H,7-8H2. The van der Waals surface area contributed by atoms with Gasteiger partial charge in [-0.05, 0) is 35.9 Å². The van der Waals surface area contributed by atoms with Gasteiger partial charge in [-0.3, -0.25) is 0 Å². The molecule has 0 radical (unpaired) electrons. The van der Waals surface area contributed by atoms with Crippen LogP contribution in [-0.2, 0) is 12.5 Å². The van der Waals surface area contributed by atoms with Crippen molar-refractivity contribution < 1.29 is 13.5 Å². The molecule has 0 heterocycles. The van der Waals surface area contributed by atoms with Crippen LogP contribution in [0, 0.1) is 11.6 Å². The Morgan fingerprint density at radius 2 is 1.84 bits per heavy atom. The molecule has 2 aromatic carbocycles. The zero-order valence-corrected chi connectivity index (χ0v) is 11.3. The molecule has 0 aliphatic heterocycles. The van der Waals surface area contributed by atoms with E-state index in [-0.39, 0.29) is 23.3 Å². The molecule has 0 aliphatic carbocycles. The average Bonchev–Trinajstić information content (AvgIpc) is 2.41. The Morgan fingerprint density at radius 3 is 2.53 bits per heavy atom. The van der Waals surface area contributed by atoms with Gasteiger partial charge >= 0.3 is 0 Å². The molecule has 1 nitrogen and oxygen atoms in total. The molecule has 0 spiro atoms. The zero-order valence-electron chi connectivity index (χ0n) is 9.80. The van der Waals surface area contributed by atoms with Gasteiger partial charge in [-0.1, -0.05) is 17.7 Å². The lowest BCUT2D eigenvalue weighted by molar-refractivity contribution is 0.302. The zero-order chi connectivity index (χ0) is 13.8. The van der Waals surface area contributed by atoms with Gasteiger partial charge in [0.15, 0.2) is 0 Å². The van der Waals surface area contributed by atoms with E-state index in [9.17, 15) is 8.78 Å². The second-order valence-corrected chi connectivity index (χ2v) is 4.60. The van der Waals surface area contributed by atoms with Gasteiger partial charge in [0.25, 0.3) is 0 Å². The fourth-order valence-corrected chi connectivity index (χ4v) is 1.91. The minimum Gasteiger partial charge on any atom is -0.489 e. The van der Waals surface area contributed by atoms with Crippen LogP contribution in [0.4, 0.5) is 8.78 Å². The molecule has 19 heavy (non-hydrogen) atoms. The summed E-state index contributed by atoms with van der Waals surface area (Å²) in [5.74, 6) is -0.256. The molecule has 0 unspecified atom stereocenters. The lowest BCUT2D eigenvalue weighted by atomic mass is 10.2. The molecular formula is C14H10Cl2F2O. The number of halogens is 4. The highest BCUT2D eigenvalue weighted by atomic mass is 35.5. The van der Waals surface area contributed by atoms with Gasteiger partial charge in [0, 0.05) is 5.56 Å². The van der Waals surface area contributed by atoms with Crippen LogP contribution in [0.25, 0.3) is 0 Å². The number of hydrogen-bond donors (Lipinski definition) is 0. The van der Waals surface area contributed by atoms with E-state index in [1.54, 1.807) is 6.07 Å². The van der Waals surface area contributed by atoms with Crippen LogP contribution in [0.1, 0.15) is 11.1 Å². The summed E-state index contributed by atoms with van der Waals surface area (Å²) in [6, 6.07) is 8.52. The predicted molar refractivity (Wildman–Crippen MR) is 71.7 cm³/mol.